The molecular weight excluding hydrogens is 174 g/mol. The van der Waals surface area contributed by atoms with Crippen molar-refractivity contribution in [3.05, 3.63) is 0 Å². The van der Waals surface area contributed by atoms with Crippen LogP contribution in [0.25, 0.3) is 0 Å². The normalized spacial score (nSPS) is 18.8. The molecule has 14 heavy (non-hydrogen) atoms. The fraction of sp³-hybridized carbons (Fsp3) is 0.909. The summed E-state index contributed by atoms with van der Waals surface area (Å²) < 4.78 is 0. The summed E-state index contributed by atoms with van der Waals surface area (Å²) in [6, 6.07) is 2.74. The van der Waals surface area contributed by atoms with Crippen LogP contribution in [-0.2, 0) is 0 Å². The lowest BCUT2D eigenvalue weighted by Gasteiger charge is -2.30. The molecule has 3 heteroatoms. The van der Waals surface area contributed by atoms with Crippen molar-refractivity contribution in [1.29, 1.82) is 5.26 Å². The molecule has 0 saturated carbocycles. The fourth-order valence-electron chi connectivity index (χ4n) is 1.94. The molecular formula is C11H21N3. The molecule has 1 rings (SSSR count). The predicted octanol–water partition coefficient (Wildman–Crippen LogP) is 1.22. The molecule has 0 atom stereocenters. The highest BCUT2D eigenvalue weighted by Gasteiger charge is 2.18. The number of nitriles is 1. The first kappa shape index (κ1) is 11.5. The average molecular weight is 195 g/mol. The molecule has 0 spiro atoms. The lowest BCUT2D eigenvalue weighted by Crippen LogP contribution is -2.39. The molecule has 1 saturated heterocycles. The predicted molar refractivity (Wildman–Crippen MR) is 57.9 cm³/mol. The third-order valence-electron chi connectivity index (χ3n) is 2.96. The van der Waals surface area contributed by atoms with Crippen LogP contribution in [0.15, 0.2) is 0 Å². The van der Waals surface area contributed by atoms with E-state index in [1.807, 2.05) is 0 Å². The van der Waals surface area contributed by atoms with E-state index in [1.165, 1.54) is 12.8 Å². The van der Waals surface area contributed by atoms with Gasteiger partial charge >= 0.3 is 0 Å². The van der Waals surface area contributed by atoms with Gasteiger partial charge in [-0.2, -0.15) is 5.26 Å². The molecule has 1 fully saturated rings. The summed E-state index contributed by atoms with van der Waals surface area (Å²) in [6.45, 7) is 8.28. The van der Waals surface area contributed by atoms with Gasteiger partial charge in [-0.15, -0.1) is 0 Å². The van der Waals surface area contributed by atoms with Crippen LogP contribution in [0.3, 0.4) is 0 Å². The monoisotopic (exact) mass is 195 g/mol. The van der Waals surface area contributed by atoms with Gasteiger partial charge in [0.1, 0.15) is 0 Å². The van der Waals surface area contributed by atoms with Crippen molar-refractivity contribution in [2.75, 3.05) is 26.2 Å². The second-order valence-electron chi connectivity index (χ2n) is 4.37. The Morgan fingerprint density at radius 1 is 1.43 bits per heavy atom. The molecule has 0 aromatic heterocycles. The van der Waals surface area contributed by atoms with Crippen molar-refractivity contribution < 1.29 is 0 Å². The fourth-order valence-corrected chi connectivity index (χ4v) is 1.94. The van der Waals surface area contributed by atoms with Crippen LogP contribution in [0.4, 0.5) is 0 Å². The first-order valence-electron chi connectivity index (χ1n) is 5.55. The number of hydrogen-bond acceptors (Lipinski definition) is 3. The molecule has 1 heterocycles. The van der Waals surface area contributed by atoms with Crippen molar-refractivity contribution in [3.8, 4) is 6.07 Å². The second kappa shape index (κ2) is 6.00. The van der Waals surface area contributed by atoms with E-state index in [0.717, 1.165) is 25.6 Å². The van der Waals surface area contributed by atoms with Crippen LogP contribution >= 0.6 is 0 Å². The van der Waals surface area contributed by atoms with Crippen molar-refractivity contribution in [1.82, 2.24) is 10.2 Å². The number of piperidine rings is 1. The zero-order valence-electron chi connectivity index (χ0n) is 9.29. The first-order chi connectivity index (χ1) is 6.74. The van der Waals surface area contributed by atoms with Crippen molar-refractivity contribution >= 4 is 0 Å². The maximum absolute atomic E-state index is 8.71. The lowest BCUT2D eigenvalue weighted by molar-refractivity contribution is 0.188. The summed E-state index contributed by atoms with van der Waals surface area (Å²) in [5.74, 6) is 0.784. The van der Waals surface area contributed by atoms with E-state index in [2.05, 4.69) is 30.1 Å². The first-order valence-corrected chi connectivity index (χ1v) is 5.55. The van der Waals surface area contributed by atoms with E-state index in [4.69, 9.17) is 5.26 Å². The number of nitrogens with zero attached hydrogens (tertiary/aromatic N) is 2. The number of rotatable bonds is 4. The Morgan fingerprint density at radius 2 is 2.07 bits per heavy atom. The van der Waals surface area contributed by atoms with Gasteiger partial charge in [0.2, 0.25) is 0 Å². The Morgan fingerprint density at radius 3 is 2.57 bits per heavy atom. The molecule has 0 unspecified atom stereocenters. The summed E-state index contributed by atoms with van der Waals surface area (Å²) >= 11 is 0. The van der Waals surface area contributed by atoms with Crippen LogP contribution in [0.5, 0.6) is 0 Å². The van der Waals surface area contributed by atoms with Gasteiger partial charge in [-0.1, -0.05) is 0 Å². The molecule has 0 aromatic rings. The van der Waals surface area contributed by atoms with Gasteiger partial charge in [-0.05, 0) is 45.7 Å². The molecule has 0 radical (unpaired) electrons. The van der Waals surface area contributed by atoms with Gasteiger partial charge < -0.3 is 5.32 Å². The average Bonchev–Trinajstić information content (AvgIpc) is 2.18. The van der Waals surface area contributed by atoms with E-state index in [1.54, 1.807) is 0 Å². The Bertz CT molecular complexity index is 189. The molecule has 0 aliphatic carbocycles. The molecule has 1 N–H and O–H groups in total. The van der Waals surface area contributed by atoms with Crippen LogP contribution in [0.2, 0.25) is 0 Å². The lowest BCUT2D eigenvalue weighted by atomic mass is 9.97. The van der Waals surface area contributed by atoms with Gasteiger partial charge in [-0.3, -0.25) is 4.90 Å². The van der Waals surface area contributed by atoms with Gasteiger partial charge in [-0.25, -0.2) is 0 Å². The molecule has 0 bridgehead atoms. The molecule has 0 aromatic carbocycles. The molecule has 1 aliphatic rings. The van der Waals surface area contributed by atoms with Gasteiger partial charge in [0, 0.05) is 12.6 Å². The highest BCUT2D eigenvalue weighted by molar-refractivity contribution is 4.81. The maximum atomic E-state index is 8.71. The molecule has 1 aliphatic heterocycles. The highest BCUT2D eigenvalue weighted by atomic mass is 15.1. The Kier molecular flexibility index (Phi) is 4.92. The van der Waals surface area contributed by atoms with E-state index >= 15 is 0 Å². The molecule has 0 amide bonds. The second-order valence-corrected chi connectivity index (χ2v) is 4.37. The highest BCUT2D eigenvalue weighted by Crippen LogP contribution is 2.14. The Hall–Kier alpha value is -0.590. The Balaban J connectivity index is 2.34. The van der Waals surface area contributed by atoms with Crippen LogP contribution in [-0.4, -0.2) is 37.1 Å². The van der Waals surface area contributed by atoms with E-state index in [-0.39, 0.29) is 0 Å². The minimum absolute atomic E-state index is 0.490. The molecule has 3 nitrogen and oxygen atoms in total. The summed E-state index contributed by atoms with van der Waals surface area (Å²) in [6.07, 6.45) is 2.52. The van der Waals surface area contributed by atoms with Crippen molar-refractivity contribution in [3.63, 3.8) is 0 Å². The third-order valence-corrected chi connectivity index (χ3v) is 2.96. The maximum Gasteiger partial charge on any atom is 0.0868 e. The topological polar surface area (TPSA) is 39.1 Å². The van der Waals surface area contributed by atoms with Crippen LogP contribution in [0.1, 0.15) is 26.7 Å². The third kappa shape index (κ3) is 3.65. The Labute approximate surface area is 87.1 Å². The van der Waals surface area contributed by atoms with E-state index < -0.39 is 0 Å². The standard InChI is InChI=1S/C11H21N3/c1-10(2)14(8-5-12)9-11-3-6-13-7-4-11/h10-11,13H,3-4,6-9H2,1-2H3. The zero-order chi connectivity index (χ0) is 10.4. The van der Waals surface area contributed by atoms with Gasteiger partial charge in [0.25, 0.3) is 0 Å². The SMILES string of the molecule is CC(C)N(CC#N)CC1CCNCC1. The number of hydrogen-bond donors (Lipinski definition) is 1. The largest absolute Gasteiger partial charge is 0.317 e. The van der Waals surface area contributed by atoms with Crippen molar-refractivity contribution in [2.45, 2.75) is 32.7 Å². The molecule has 80 valence electrons. The van der Waals surface area contributed by atoms with Crippen LogP contribution in [0, 0.1) is 17.2 Å². The minimum atomic E-state index is 0.490. The summed E-state index contributed by atoms with van der Waals surface area (Å²) in [7, 11) is 0. The van der Waals surface area contributed by atoms with E-state index in [9.17, 15) is 0 Å². The van der Waals surface area contributed by atoms with Crippen LogP contribution < -0.4 is 5.32 Å². The minimum Gasteiger partial charge on any atom is -0.317 e. The van der Waals surface area contributed by atoms with Crippen molar-refractivity contribution in [2.24, 2.45) is 5.92 Å². The van der Waals surface area contributed by atoms with E-state index in [0.29, 0.717) is 12.6 Å². The quantitative estimate of drug-likeness (QED) is 0.686. The van der Waals surface area contributed by atoms with Gasteiger partial charge in [0.15, 0.2) is 0 Å². The zero-order valence-corrected chi connectivity index (χ0v) is 9.29. The smallest absolute Gasteiger partial charge is 0.0868 e. The van der Waals surface area contributed by atoms with Gasteiger partial charge in [0.05, 0.1) is 12.6 Å². The summed E-state index contributed by atoms with van der Waals surface area (Å²) in [5.41, 5.74) is 0. The summed E-state index contributed by atoms with van der Waals surface area (Å²) in [4.78, 5) is 2.27. The summed E-state index contributed by atoms with van der Waals surface area (Å²) in [5, 5.41) is 12.1. The number of nitrogens with one attached hydrogen (secondary N) is 1.